The summed E-state index contributed by atoms with van der Waals surface area (Å²) in [6.45, 7) is 8.63. The predicted octanol–water partition coefficient (Wildman–Crippen LogP) is 4.78. The first kappa shape index (κ1) is 8.32. The van der Waals surface area contributed by atoms with E-state index in [2.05, 4.69) is 20.8 Å². The van der Waals surface area contributed by atoms with Gasteiger partial charge < -0.3 is 0 Å². The van der Waals surface area contributed by atoms with Crippen LogP contribution >= 0.6 is 0 Å². The van der Waals surface area contributed by atoms with Gasteiger partial charge in [0.1, 0.15) is 0 Å². The Kier molecular flexibility index (Phi) is 2.57. The molecule has 0 atom stereocenters. The number of hydrogen-bond donors (Lipinski definition) is 0. The molecule has 1 rings (SSSR count). The smallest absolute Gasteiger partial charge is 0.0264 e. The van der Waals surface area contributed by atoms with E-state index in [1.54, 1.807) is 6.92 Å². The summed E-state index contributed by atoms with van der Waals surface area (Å²) in [5.41, 5.74) is 0.771. The van der Waals surface area contributed by atoms with Gasteiger partial charge in [-0.2, -0.15) is 0 Å². The predicted molar refractivity (Wildman–Crippen MR) is 59.9 cm³/mol. The summed E-state index contributed by atoms with van der Waals surface area (Å²) in [6.07, 6.45) is 5.82. The van der Waals surface area contributed by atoms with Crippen LogP contribution in [0, 0.1) is 10.8 Å². The lowest BCUT2D eigenvalue weighted by molar-refractivity contribution is 0.0875. The highest BCUT2D eigenvalue weighted by molar-refractivity contribution is 4.87. The van der Waals surface area contributed by atoms with Crippen molar-refractivity contribution >= 4 is 0 Å². The average molecular weight is 184 g/mol. The molecule has 1 aliphatic carbocycles. The van der Waals surface area contributed by atoms with Crippen LogP contribution in [0.25, 0.3) is 0 Å². The molecule has 0 aromatic rings. The van der Waals surface area contributed by atoms with E-state index in [1.165, 1.54) is 25.7 Å². The summed E-state index contributed by atoms with van der Waals surface area (Å²) in [5.74, 6) is 0. The maximum absolute atomic E-state index is 7.76. The SMILES string of the molecule is [2H]C([2H])(C)CC1(CC)CCC(C)(C)CC1. The fourth-order valence-electron chi connectivity index (χ4n) is 2.49. The van der Waals surface area contributed by atoms with Crippen molar-refractivity contribution in [2.45, 2.75) is 72.6 Å². The molecule has 78 valence electrons. The van der Waals surface area contributed by atoms with Gasteiger partial charge in [0.05, 0.1) is 0 Å². The largest absolute Gasteiger partial charge is 0.0654 e. The Labute approximate surface area is 86.9 Å². The molecular formula is C13H26. The third-order valence-electron chi connectivity index (χ3n) is 3.97. The molecule has 0 aliphatic heterocycles. The summed E-state index contributed by atoms with van der Waals surface area (Å²) in [6, 6.07) is 0. The minimum absolute atomic E-state index is 0.285. The van der Waals surface area contributed by atoms with Crippen molar-refractivity contribution in [3.63, 3.8) is 0 Å². The van der Waals surface area contributed by atoms with E-state index in [-0.39, 0.29) is 5.41 Å². The highest BCUT2D eigenvalue weighted by atomic mass is 14.4. The third kappa shape index (κ3) is 2.72. The van der Waals surface area contributed by atoms with Crippen LogP contribution in [-0.4, -0.2) is 0 Å². The molecule has 0 heteroatoms. The second kappa shape index (κ2) is 4.02. The second-order valence-electron chi connectivity index (χ2n) is 5.55. The van der Waals surface area contributed by atoms with Crippen molar-refractivity contribution in [3.05, 3.63) is 0 Å². The summed E-state index contributed by atoms with van der Waals surface area (Å²) >= 11 is 0. The molecular weight excluding hydrogens is 156 g/mol. The molecule has 0 radical (unpaired) electrons. The topological polar surface area (TPSA) is 0 Å². The maximum atomic E-state index is 7.76. The summed E-state index contributed by atoms with van der Waals surface area (Å²) in [7, 11) is 0. The molecule has 0 saturated heterocycles. The molecule has 1 fully saturated rings. The average Bonchev–Trinajstić information content (AvgIpc) is 2.07. The minimum atomic E-state index is -1.00. The quantitative estimate of drug-likeness (QED) is 0.592. The highest BCUT2D eigenvalue weighted by Crippen LogP contribution is 2.49. The van der Waals surface area contributed by atoms with Gasteiger partial charge in [-0.3, -0.25) is 0 Å². The van der Waals surface area contributed by atoms with E-state index in [0.29, 0.717) is 5.41 Å². The minimum Gasteiger partial charge on any atom is -0.0654 e. The molecule has 0 aromatic carbocycles. The van der Waals surface area contributed by atoms with Crippen LogP contribution in [0.1, 0.15) is 75.3 Å². The highest BCUT2D eigenvalue weighted by Gasteiger charge is 2.35. The molecule has 1 aliphatic rings. The molecule has 0 nitrogen and oxygen atoms in total. The molecule has 0 N–H and O–H groups in total. The number of rotatable bonds is 3. The maximum Gasteiger partial charge on any atom is 0.0264 e. The Morgan fingerprint density at radius 1 is 1.08 bits per heavy atom. The Bertz CT molecular complexity index is 203. The molecule has 0 heterocycles. The summed E-state index contributed by atoms with van der Waals surface area (Å²) < 4.78 is 15.5. The van der Waals surface area contributed by atoms with Gasteiger partial charge in [0.15, 0.2) is 0 Å². The van der Waals surface area contributed by atoms with Gasteiger partial charge in [-0.25, -0.2) is 0 Å². The second-order valence-corrected chi connectivity index (χ2v) is 5.55. The lowest BCUT2D eigenvalue weighted by atomic mass is 9.62. The molecule has 13 heavy (non-hydrogen) atoms. The Hall–Kier alpha value is 0. The first-order chi connectivity index (χ1) is 6.68. The van der Waals surface area contributed by atoms with Crippen LogP contribution in [0.2, 0.25) is 0 Å². The van der Waals surface area contributed by atoms with Gasteiger partial charge >= 0.3 is 0 Å². The van der Waals surface area contributed by atoms with E-state index in [0.717, 1.165) is 12.8 Å². The normalized spacial score (nSPS) is 29.2. The Balaban J connectivity index is 2.64. The lowest BCUT2D eigenvalue weighted by Crippen LogP contribution is -2.30. The van der Waals surface area contributed by atoms with Crippen LogP contribution in [0.4, 0.5) is 0 Å². The monoisotopic (exact) mass is 184 g/mol. The van der Waals surface area contributed by atoms with Crippen LogP contribution in [0.15, 0.2) is 0 Å². The van der Waals surface area contributed by atoms with Crippen LogP contribution in [0.5, 0.6) is 0 Å². The van der Waals surface area contributed by atoms with Crippen LogP contribution in [-0.2, 0) is 0 Å². The van der Waals surface area contributed by atoms with Gasteiger partial charge in [-0.05, 0) is 42.9 Å². The van der Waals surface area contributed by atoms with Crippen molar-refractivity contribution in [1.29, 1.82) is 0 Å². The van der Waals surface area contributed by atoms with E-state index < -0.39 is 6.37 Å². The zero-order valence-corrected chi connectivity index (χ0v) is 9.74. The van der Waals surface area contributed by atoms with Crippen molar-refractivity contribution in [1.82, 2.24) is 0 Å². The van der Waals surface area contributed by atoms with Crippen molar-refractivity contribution in [3.8, 4) is 0 Å². The van der Waals surface area contributed by atoms with Crippen molar-refractivity contribution in [2.24, 2.45) is 10.8 Å². The molecule has 0 spiro atoms. The Morgan fingerprint density at radius 3 is 2.00 bits per heavy atom. The van der Waals surface area contributed by atoms with E-state index in [9.17, 15) is 0 Å². The first-order valence-electron chi connectivity index (χ1n) is 6.68. The van der Waals surface area contributed by atoms with Crippen LogP contribution in [0.3, 0.4) is 0 Å². The van der Waals surface area contributed by atoms with Gasteiger partial charge in [-0.15, -0.1) is 0 Å². The fraction of sp³-hybridized carbons (Fsp3) is 1.00. The van der Waals surface area contributed by atoms with Gasteiger partial charge in [0.2, 0.25) is 0 Å². The fourth-order valence-corrected chi connectivity index (χ4v) is 2.49. The molecule has 1 saturated carbocycles. The van der Waals surface area contributed by atoms with Gasteiger partial charge in [-0.1, -0.05) is 40.5 Å². The third-order valence-corrected chi connectivity index (χ3v) is 3.97. The summed E-state index contributed by atoms with van der Waals surface area (Å²) in [4.78, 5) is 0. The molecule has 0 bridgehead atoms. The van der Waals surface area contributed by atoms with E-state index in [1.807, 2.05) is 0 Å². The van der Waals surface area contributed by atoms with Crippen molar-refractivity contribution in [2.75, 3.05) is 0 Å². The lowest BCUT2D eigenvalue weighted by Gasteiger charge is -2.43. The number of hydrogen-bond acceptors (Lipinski definition) is 0. The first-order valence-corrected chi connectivity index (χ1v) is 5.68. The van der Waals surface area contributed by atoms with Gasteiger partial charge in [0.25, 0.3) is 0 Å². The Morgan fingerprint density at radius 2 is 1.62 bits per heavy atom. The van der Waals surface area contributed by atoms with E-state index in [4.69, 9.17) is 2.74 Å². The van der Waals surface area contributed by atoms with Crippen LogP contribution < -0.4 is 0 Å². The molecule has 0 amide bonds. The van der Waals surface area contributed by atoms with Gasteiger partial charge in [0, 0.05) is 2.74 Å². The molecule has 0 unspecified atom stereocenters. The summed E-state index contributed by atoms with van der Waals surface area (Å²) in [5, 5.41) is 0. The molecule has 0 aromatic heterocycles. The zero-order chi connectivity index (χ0) is 11.7. The zero-order valence-electron chi connectivity index (χ0n) is 11.7. The van der Waals surface area contributed by atoms with Crippen molar-refractivity contribution < 1.29 is 2.74 Å². The standard InChI is InChI=1S/C13H26/c1-5-7-13(6-2)10-8-12(3,4)9-11-13/h5-11H2,1-4H3/i5D2. The van der Waals surface area contributed by atoms with E-state index >= 15 is 0 Å².